The van der Waals surface area contributed by atoms with Gasteiger partial charge in [0.05, 0.1) is 11.9 Å². The number of benzene rings is 1. The second-order valence-electron chi connectivity index (χ2n) is 4.70. The van der Waals surface area contributed by atoms with E-state index in [0.717, 1.165) is 16.7 Å². The second kappa shape index (κ2) is 5.10. The van der Waals surface area contributed by atoms with Crippen molar-refractivity contribution in [2.75, 3.05) is 11.1 Å². The minimum atomic E-state index is -0.158. The smallest absolute Gasteiger partial charge is 0.257 e. The molecule has 0 saturated heterocycles. The maximum Gasteiger partial charge on any atom is 0.257 e. The summed E-state index contributed by atoms with van der Waals surface area (Å²) in [5.74, 6) is 0.353. The van der Waals surface area contributed by atoms with Crippen LogP contribution in [0.5, 0.6) is 0 Å². The molecule has 0 aliphatic heterocycles. The van der Waals surface area contributed by atoms with Gasteiger partial charge >= 0.3 is 0 Å². The zero-order valence-corrected chi connectivity index (χ0v) is 11.3. The van der Waals surface area contributed by atoms with Crippen LogP contribution in [-0.2, 0) is 0 Å². The molecule has 0 bridgehead atoms. The number of nitrogens with two attached hydrogens (primary N) is 1. The highest BCUT2D eigenvalue weighted by atomic mass is 16.1. The fraction of sp³-hybridized carbons (Fsp3) is 0.200. The largest absolute Gasteiger partial charge is 0.397 e. The van der Waals surface area contributed by atoms with E-state index in [-0.39, 0.29) is 5.91 Å². The summed E-state index contributed by atoms with van der Waals surface area (Å²) in [6.45, 7) is 5.80. The van der Waals surface area contributed by atoms with Crippen LogP contribution in [0.3, 0.4) is 0 Å². The standard InChI is InChI=1S/C15H17N3O/c1-9-4-5-12(10(2)6-9)15(19)18-14-7-11(3)13(16)8-17-14/h4-8H,16H2,1-3H3,(H,17,18,19). The summed E-state index contributed by atoms with van der Waals surface area (Å²) in [5.41, 5.74) is 9.94. The first kappa shape index (κ1) is 13.1. The minimum absolute atomic E-state index is 0.158. The summed E-state index contributed by atoms with van der Waals surface area (Å²) in [6, 6.07) is 7.49. The lowest BCUT2D eigenvalue weighted by atomic mass is 10.1. The van der Waals surface area contributed by atoms with E-state index < -0.39 is 0 Å². The number of nitrogens with zero attached hydrogens (tertiary/aromatic N) is 1. The Morgan fingerprint density at radius 1 is 1.16 bits per heavy atom. The van der Waals surface area contributed by atoms with Crippen molar-refractivity contribution in [2.45, 2.75) is 20.8 Å². The van der Waals surface area contributed by atoms with Crippen LogP contribution in [0, 0.1) is 20.8 Å². The Morgan fingerprint density at radius 2 is 1.89 bits per heavy atom. The average molecular weight is 255 g/mol. The first-order valence-electron chi connectivity index (χ1n) is 6.08. The van der Waals surface area contributed by atoms with Crippen molar-refractivity contribution < 1.29 is 4.79 Å². The van der Waals surface area contributed by atoms with Crippen LogP contribution in [0.15, 0.2) is 30.5 Å². The predicted molar refractivity (Wildman–Crippen MR) is 77.3 cm³/mol. The van der Waals surface area contributed by atoms with E-state index in [1.54, 1.807) is 12.3 Å². The number of aromatic nitrogens is 1. The summed E-state index contributed by atoms with van der Waals surface area (Å²) >= 11 is 0. The van der Waals surface area contributed by atoms with Crippen LogP contribution in [0.1, 0.15) is 27.0 Å². The molecule has 2 aromatic rings. The lowest BCUT2D eigenvalue weighted by Gasteiger charge is -2.09. The Morgan fingerprint density at radius 3 is 2.53 bits per heavy atom. The van der Waals surface area contributed by atoms with Crippen LogP contribution < -0.4 is 11.1 Å². The maximum absolute atomic E-state index is 12.2. The summed E-state index contributed by atoms with van der Waals surface area (Å²) in [4.78, 5) is 16.3. The third kappa shape index (κ3) is 2.91. The summed E-state index contributed by atoms with van der Waals surface area (Å²) in [5, 5.41) is 2.78. The monoisotopic (exact) mass is 255 g/mol. The van der Waals surface area contributed by atoms with Gasteiger partial charge in [0.1, 0.15) is 5.82 Å². The molecule has 0 aliphatic rings. The molecule has 0 saturated carbocycles. The Hall–Kier alpha value is -2.36. The number of rotatable bonds is 2. The molecule has 98 valence electrons. The van der Waals surface area contributed by atoms with Gasteiger partial charge < -0.3 is 11.1 Å². The van der Waals surface area contributed by atoms with Crippen molar-refractivity contribution in [3.05, 3.63) is 52.7 Å². The first-order chi connectivity index (χ1) is 8.97. The number of nitrogen functional groups attached to an aromatic ring is 1. The van der Waals surface area contributed by atoms with E-state index >= 15 is 0 Å². The zero-order valence-electron chi connectivity index (χ0n) is 11.3. The molecule has 19 heavy (non-hydrogen) atoms. The molecule has 3 N–H and O–H groups in total. The van der Waals surface area contributed by atoms with Crippen LogP contribution >= 0.6 is 0 Å². The normalized spacial score (nSPS) is 10.3. The van der Waals surface area contributed by atoms with Gasteiger partial charge in [-0.1, -0.05) is 17.7 Å². The van der Waals surface area contributed by atoms with Crippen molar-refractivity contribution in [3.8, 4) is 0 Å². The molecule has 0 radical (unpaired) electrons. The highest BCUT2D eigenvalue weighted by molar-refractivity contribution is 6.04. The Labute approximate surface area is 112 Å². The summed E-state index contributed by atoms with van der Waals surface area (Å²) in [6.07, 6.45) is 1.55. The van der Waals surface area contributed by atoms with Gasteiger partial charge in [-0.15, -0.1) is 0 Å². The van der Waals surface area contributed by atoms with Crippen molar-refractivity contribution in [1.82, 2.24) is 4.98 Å². The van der Waals surface area contributed by atoms with Crippen molar-refractivity contribution >= 4 is 17.4 Å². The highest BCUT2D eigenvalue weighted by Crippen LogP contribution is 2.16. The van der Waals surface area contributed by atoms with E-state index in [0.29, 0.717) is 17.1 Å². The van der Waals surface area contributed by atoms with E-state index in [1.165, 1.54) is 0 Å². The molecule has 4 heteroatoms. The molecule has 1 aromatic carbocycles. The van der Waals surface area contributed by atoms with E-state index in [4.69, 9.17) is 5.73 Å². The van der Waals surface area contributed by atoms with Gasteiger partial charge in [0.2, 0.25) is 0 Å². The number of hydrogen-bond donors (Lipinski definition) is 2. The predicted octanol–water partition coefficient (Wildman–Crippen LogP) is 2.84. The van der Waals surface area contributed by atoms with E-state index in [2.05, 4.69) is 10.3 Å². The Kier molecular flexibility index (Phi) is 3.51. The van der Waals surface area contributed by atoms with Gasteiger partial charge in [-0.05, 0) is 44.0 Å². The van der Waals surface area contributed by atoms with Gasteiger partial charge in [0.25, 0.3) is 5.91 Å². The molecule has 0 fully saturated rings. The number of carbonyl (C=O) groups is 1. The fourth-order valence-electron chi connectivity index (χ4n) is 1.89. The quantitative estimate of drug-likeness (QED) is 0.867. The molecule has 1 aromatic heterocycles. The second-order valence-corrected chi connectivity index (χ2v) is 4.70. The number of anilines is 2. The molecule has 1 amide bonds. The Bertz CT molecular complexity index is 635. The lowest BCUT2D eigenvalue weighted by Crippen LogP contribution is -2.14. The molecule has 0 aliphatic carbocycles. The average Bonchev–Trinajstić information content (AvgIpc) is 2.33. The number of aryl methyl sites for hydroxylation is 3. The van der Waals surface area contributed by atoms with E-state index in [1.807, 2.05) is 39.0 Å². The summed E-state index contributed by atoms with van der Waals surface area (Å²) in [7, 11) is 0. The number of pyridine rings is 1. The van der Waals surface area contributed by atoms with Crippen LogP contribution in [0.2, 0.25) is 0 Å². The van der Waals surface area contributed by atoms with Crippen LogP contribution in [0.25, 0.3) is 0 Å². The van der Waals surface area contributed by atoms with Gasteiger partial charge in [-0.3, -0.25) is 4.79 Å². The van der Waals surface area contributed by atoms with Crippen molar-refractivity contribution in [2.24, 2.45) is 0 Å². The minimum Gasteiger partial charge on any atom is -0.397 e. The van der Waals surface area contributed by atoms with Crippen molar-refractivity contribution in [3.63, 3.8) is 0 Å². The highest BCUT2D eigenvalue weighted by Gasteiger charge is 2.10. The zero-order chi connectivity index (χ0) is 14.0. The molecule has 4 nitrogen and oxygen atoms in total. The third-order valence-electron chi connectivity index (χ3n) is 3.02. The third-order valence-corrected chi connectivity index (χ3v) is 3.02. The number of amides is 1. The number of hydrogen-bond acceptors (Lipinski definition) is 3. The molecular formula is C15H17N3O. The maximum atomic E-state index is 12.2. The molecule has 1 heterocycles. The van der Waals surface area contributed by atoms with Crippen molar-refractivity contribution in [1.29, 1.82) is 0 Å². The lowest BCUT2D eigenvalue weighted by molar-refractivity contribution is 0.102. The number of carbonyl (C=O) groups excluding carboxylic acids is 1. The molecular weight excluding hydrogens is 238 g/mol. The van der Waals surface area contributed by atoms with Gasteiger partial charge in [-0.25, -0.2) is 4.98 Å². The van der Waals surface area contributed by atoms with Gasteiger partial charge in [0.15, 0.2) is 0 Å². The van der Waals surface area contributed by atoms with Gasteiger partial charge in [0, 0.05) is 5.56 Å². The fourth-order valence-corrected chi connectivity index (χ4v) is 1.89. The molecule has 0 atom stereocenters. The SMILES string of the molecule is Cc1ccc(C(=O)Nc2cc(C)c(N)cn2)c(C)c1. The topological polar surface area (TPSA) is 68.0 Å². The first-order valence-corrected chi connectivity index (χ1v) is 6.08. The van der Waals surface area contributed by atoms with E-state index in [9.17, 15) is 4.79 Å². The number of nitrogens with one attached hydrogen (secondary N) is 1. The van der Waals surface area contributed by atoms with Crippen LogP contribution in [0.4, 0.5) is 11.5 Å². The molecule has 0 unspecified atom stereocenters. The molecule has 0 spiro atoms. The van der Waals surface area contributed by atoms with Crippen LogP contribution in [-0.4, -0.2) is 10.9 Å². The van der Waals surface area contributed by atoms with Gasteiger partial charge in [-0.2, -0.15) is 0 Å². The summed E-state index contributed by atoms with van der Waals surface area (Å²) < 4.78 is 0. The molecule has 2 rings (SSSR count). The Balaban J connectivity index is 2.23.